The molecule has 0 aromatic heterocycles. The van der Waals surface area contributed by atoms with Gasteiger partial charge in [0.15, 0.2) is 0 Å². The molecule has 1 fully saturated rings. The molecule has 3 rings (SSSR count). The Kier molecular flexibility index (Phi) is 8.23. The topological polar surface area (TPSA) is 113 Å². The van der Waals surface area contributed by atoms with E-state index in [4.69, 9.17) is 23.2 Å². The van der Waals surface area contributed by atoms with Crippen LogP contribution in [0.2, 0.25) is 10.0 Å². The number of carbonyl (C=O) groups is 4. The predicted octanol–water partition coefficient (Wildman–Crippen LogP) is 5.00. The van der Waals surface area contributed by atoms with E-state index in [-0.39, 0.29) is 57.4 Å². The Morgan fingerprint density at radius 2 is 1.66 bits per heavy atom. The highest BCUT2D eigenvalue weighted by molar-refractivity contribution is 6.40. The van der Waals surface area contributed by atoms with Gasteiger partial charge in [0, 0.05) is 24.4 Å². The summed E-state index contributed by atoms with van der Waals surface area (Å²) in [5, 5.41) is 15.4. The quantitative estimate of drug-likeness (QED) is 0.432. The normalized spacial score (nSPS) is 19.2. The molecule has 0 heterocycles. The zero-order valence-corrected chi connectivity index (χ0v) is 21.2. The number of aliphatic carboxylic acids is 1. The minimum Gasteiger partial charge on any atom is -0.480 e. The molecule has 7 nitrogen and oxygen atoms in total. The smallest absolute Gasteiger partial charge is 0.326 e. The van der Waals surface area contributed by atoms with Crippen LogP contribution < -0.4 is 10.6 Å². The summed E-state index contributed by atoms with van der Waals surface area (Å²) in [5.41, 5.74) is 1.04. The fourth-order valence-electron chi connectivity index (χ4n) is 4.60. The summed E-state index contributed by atoms with van der Waals surface area (Å²) >= 11 is 12.1. The molecule has 9 heteroatoms. The first-order valence-corrected chi connectivity index (χ1v) is 12.0. The molecule has 3 atom stereocenters. The van der Waals surface area contributed by atoms with Gasteiger partial charge in [0.2, 0.25) is 5.91 Å². The van der Waals surface area contributed by atoms with Crippen molar-refractivity contribution in [2.45, 2.75) is 46.1 Å². The number of nitrogens with one attached hydrogen (secondary N) is 2. The third-order valence-corrected chi connectivity index (χ3v) is 7.50. The van der Waals surface area contributed by atoms with Crippen LogP contribution in [-0.4, -0.2) is 34.7 Å². The number of carboxylic acids is 1. The third-order valence-electron chi connectivity index (χ3n) is 6.87. The van der Waals surface area contributed by atoms with Crippen molar-refractivity contribution in [1.82, 2.24) is 5.32 Å². The largest absolute Gasteiger partial charge is 0.480 e. The minimum absolute atomic E-state index is 0.0281. The lowest BCUT2D eigenvalue weighted by Gasteiger charge is -2.51. The Morgan fingerprint density at radius 3 is 2.17 bits per heavy atom. The van der Waals surface area contributed by atoms with Crippen molar-refractivity contribution in [2.24, 2.45) is 17.3 Å². The number of Topliss-reactive ketones (excluding diaryl/α,β-unsaturated/α-hetero) is 1. The van der Waals surface area contributed by atoms with Crippen LogP contribution in [0.4, 0.5) is 5.69 Å². The van der Waals surface area contributed by atoms with E-state index in [2.05, 4.69) is 10.6 Å². The van der Waals surface area contributed by atoms with Gasteiger partial charge in [0.1, 0.15) is 11.8 Å². The number of hydrogen-bond donors (Lipinski definition) is 3. The molecule has 2 aromatic carbocycles. The number of halogens is 2. The average molecular weight is 519 g/mol. The Balaban J connectivity index is 1.58. The minimum atomic E-state index is -1.14. The highest BCUT2D eigenvalue weighted by Gasteiger charge is 2.50. The van der Waals surface area contributed by atoms with E-state index < -0.39 is 17.9 Å². The van der Waals surface area contributed by atoms with Crippen LogP contribution in [0.15, 0.2) is 42.5 Å². The molecule has 0 spiro atoms. The number of hydrogen-bond acceptors (Lipinski definition) is 4. The van der Waals surface area contributed by atoms with Crippen molar-refractivity contribution in [3.63, 3.8) is 0 Å². The van der Waals surface area contributed by atoms with Gasteiger partial charge in [-0.05, 0) is 54.5 Å². The van der Waals surface area contributed by atoms with Crippen molar-refractivity contribution in [1.29, 1.82) is 0 Å². The molecule has 1 saturated carbocycles. The predicted molar refractivity (Wildman–Crippen MR) is 135 cm³/mol. The van der Waals surface area contributed by atoms with E-state index >= 15 is 0 Å². The van der Waals surface area contributed by atoms with Gasteiger partial charge >= 0.3 is 5.97 Å². The van der Waals surface area contributed by atoms with Crippen molar-refractivity contribution in [3.05, 3.63) is 63.6 Å². The molecule has 1 aliphatic rings. The maximum atomic E-state index is 12.6. The maximum Gasteiger partial charge on any atom is 0.326 e. The number of carboxylic acid groups (broad SMARTS) is 1. The second-order valence-electron chi connectivity index (χ2n) is 9.53. The molecule has 1 aliphatic carbocycles. The summed E-state index contributed by atoms with van der Waals surface area (Å²) in [6.07, 6.45) is 0.895. The van der Waals surface area contributed by atoms with Gasteiger partial charge < -0.3 is 15.7 Å². The Bertz CT molecular complexity index is 1130. The van der Waals surface area contributed by atoms with Crippen LogP contribution in [0.1, 0.15) is 49.5 Å². The maximum absolute atomic E-state index is 12.6. The molecule has 186 valence electrons. The first kappa shape index (κ1) is 26.7. The van der Waals surface area contributed by atoms with Crippen LogP contribution in [0.3, 0.4) is 0 Å². The monoisotopic (exact) mass is 518 g/mol. The van der Waals surface area contributed by atoms with Crippen LogP contribution >= 0.6 is 23.2 Å². The van der Waals surface area contributed by atoms with Gasteiger partial charge in [-0.3, -0.25) is 14.4 Å². The van der Waals surface area contributed by atoms with E-state index in [0.717, 1.165) is 0 Å². The van der Waals surface area contributed by atoms with Crippen molar-refractivity contribution >= 4 is 52.5 Å². The highest BCUT2D eigenvalue weighted by Crippen LogP contribution is 2.53. The van der Waals surface area contributed by atoms with Crippen LogP contribution in [0.25, 0.3) is 0 Å². The summed E-state index contributed by atoms with van der Waals surface area (Å²) in [4.78, 5) is 48.6. The van der Waals surface area contributed by atoms with E-state index in [9.17, 15) is 24.3 Å². The van der Waals surface area contributed by atoms with Crippen LogP contribution in [0.5, 0.6) is 0 Å². The summed E-state index contributed by atoms with van der Waals surface area (Å²) in [6.45, 7) is 5.50. The summed E-state index contributed by atoms with van der Waals surface area (Å²) < 4.78 is 0. The number of ketones is 1. The van der Waals surface area contributed by atoms with Crippen LogP contribution in [0, 0.1) is 17.3 Å². The lowest BCUT2D eigenvalue weighted by atomic mass is 9.52. The van der Waals surface area contributed by atoms with Gasteiger partial charge in [-0.1, -0.05) is 55.2 Å². The molecule has 0 saturated heterocycles. The van der Waals surface area contributed by atoms with Gasteiger partial charge in [0.25, 0.3) is 5.91 Å². The first-order valence-electron chi connectivity index (χ1n) is 11.3. The van der Waals surface area contributed by atoms with Gasteiger partial charge in [-0.2, -0.15) is 0 Å². The van der Waals surface area contributed by atoms with Gasteiger partial charge in [0.05, 0.1) is 15.6 Å². The fourth-order valence-corrected chi connectivity index (χ4v) is 5.17. The summed E-state index contributed by atoms with van der Waals surface area (Å²) in [5.74, 6) is -1.87. The number of amides is 2. The van der Waals surface area contributed by atoms with Crippen molar-refractivity contribution in [2.75, 3.05) is 5.32 Å². The standard InChI is InChI=1S/C26H28Cl2N2O5/c1-14(31)18-12-16(26(18,2)3)13-22(32)30-21(25(34)35)11-15-7-9-17(10-8-15)29-24(33)23-19(27)5-4-6-20(23)28/h4-10,16,18,21H,11-13H2,1-3H3,(H,29,33)(H,30,32)(H,34,35)/t16-,18+,21-/m0/s1. The first-order chi connectivity index (χ1) is 16.4. The molecule has 0 aliphatic heterocycles. The molecule has 0 unspecified atom stereocenters. The van der Waals surface area contributed by atoms with Gasteiger partial charge in [-0.15, -0.1) is 0 Å². The Labute approximate surface area is 214 Å². The molecular weight excluding hydrogens is 491 g/mol. The second kappa shape index (κ2) is 10.8. The average Bonchev–Trinajstić information content (AvgIpc) is 2.76. The molecule has 2 amide bonds. The molecule has 0 radical (unpaired) electrons. The second-order valence-corrected chi connectivity index (χ2v) is 10.3. The molecule has 2 aromatic rings. The van der Waals surface area contributed by atoms with E-state index in [1.807, 2.05) is 13.8 Å². The highest BCUT2D eigenvalue weighted by atomic mass is 35.5. The van der Waals surface area contributed by atoms with E-state index in [1.54, 1.807) is 49.4 Å². The number of anilines is 1. The third kappa shape index (κ3) is 6.21. The zero-order valence-electron chi connectivity index (χ0n) is 19.7. The summed E-state index contributed by atoms with van der Waals surface area (Å²) in [7, 11) is 0. The van der Waals surface area contributed by atoms with E-state index in [1.165, 1.54) is 0 Å². The lowest BCUT2D eigenvalue weighted by Crippen LogP contribution is -2.51. The SMILES string of the molecule is CC(=O)[C@H]1C[C@@H](CC(=O)N[C@@H](Cc2ccc(NC(=O)c3c(Cl)cccc3Cl)cc2)C(=O)O)C1(C)C. The van der Waals surface area contributed by atoms with Crippen molar-refractivity contribution < 1.29 is 24.3 Å². The zero-order chi connectivity index (χ0) is 25.9. The lowest BCUT2D eigenvalue weighted by molar-refractivity contribution is -0.144. The Morgan fingerprint density at radius 1 is 1.06 bits per heavy atom. The number of rotatable bonds is 9. The number of benzene rings is 2. The fraction of sp³-hybridized carbons (Fsp3) is 0.385. The van der Waals surface area contributed by atoms with Crippen LogP contribution in [-0.2, 0) is 20.8 Å². The molecule has 3 N–H and O–H groups in total. The van der Waals surface area contributed by atoms with Gasteiger partial charge in [-0.25, -0.2) is 4.79 Å². The molecule has 0 bridgehead atoms. The summed E-state index contributed by atoms with van der Waals surface area (Å²) in [6, 6.07) is 10.3. The number of carbonyl (C=O) groups excluding carboxylic acids is 3. The van der Waals surface area contributed by atoms with E-state index in [0.29, 0.717) is 17.7 Å². The molecule has 35 heavy (non-hydrogen) atoms. The molecular formula is C26H28Cl2N2O5. The van der Waals surface area contributed by atoms with Crippen molar-refractivity contribution in [3.8, 4) is 0 Å². The Hall–Kier alpha value is -2.90.